The third-order valence-electron chi connectivity index (χ3n) is 2.45. The van der Waals surface area contributed by atoms with E-state index in [9.17, 15) is 0 Å². The molecular formula is C11H22N4O. The van der Waals surface area contributed by atoms with E-state index in [0.717, 1.165) is 38.3 Å². The first kappa shape index (κ1) is 13.1. The van der Waals surface area contributed by atoms with E-state index in [-0.39, 0.29) is 6.61 Å². The Morgan fingerprint density at radius 1 is 1.31 bits per heavy atom. The van der Waals surface area contributed by atoms with Crippen LogP contribution in [-0.4, -0.2) is 44.5 Å². The first-order valence-corrected chi connectivity index (χ1v) is 6.01. The van der Waals surface area contributed by atoms with E-state index in [1.807, 2.05) is 4.68 Å². The van der Waals surface area contributed by atoms with Crippen LogP contribution >= 0.6 is 0 Å². The number of hydrogen-bond donors (Lipinski definition) is 1. The van der Waals surface area contributed by atoms with Gasteiger partial charge in [0, 0.05) is 13.1 Å². The van der Waals surface area contributed by atoms with Gasteiger partial charge in [-0.3, -0.25) is 4.90 Å². The van der Waals surface area contributed by atoms with Crippen LogP contribution in [0.2, 0.25) is 0 Å². The molecule has 0 spiro atoms. The zero-order valence-corrected chi connectivity index (χ0v) is 10.3. The number of aromatic nitrogens is 3. The summed E-state index contributed by atoms with van der Waals surface area (Å²) in [6.07, 6.45) is 3.75. The van der Waals surface area contributed by atoms with Gasteiger partial charge in [-0.2, -0.15) is 5.10 Å². The Bertz CT molecular complexity index is 281. The van der Waals surface area contributed by atoms with Gasteiger partial charge < -0.3 is 5.11 Å². The lowest BCUT2D eigenvalue weighted by atomic mass is 10.3. The third-order valence-corrected chi connectivity index (χ3v) is 2.45. The summed E-state index contributed by atoms with van der Waals surface area (Å²) in [5, 5.41) is 13.2. The van der Waals surface area contributed by atoms with E-state index in [0.29, 0.717) is 6.54 Å². The summed E-state index contributed by atoms with van der Waals surface area (Å²) in [5.41, 5.74) is 0. The van der Waals surface area contributed by atoms with E-state index in [4.69, 9.17) is 5.11 Å². The van der Waals surface area contributed by atoms with Crippen molar-refractivity contribution in [3.05, 3.63) is 12.2 Å². The monoisotopic (exact) mass is 226 g/mol. The second-order valence-electron chi connectivity index (χ2n) is 3.90. The number of aliphatic hydroxyl groups excluding tert-OH is 1. The molecule has 0 atom stereocenters. The molecule has 1 heterocycles. The topological polar surface area (TPSA) is 54.2 Å². The molecule has 0 aromatic carbocycles. The highest BCUT2D eigenvalue weighted by Gasteiger charge is 2.09. The minimum Gasteiger partial charge on any atom is -0.395 e. The number of hydrogen-bond acceptors (Lipinski definition) is 4. The van der Waals surface area contributed by atoms with Crippen LogP contribution in [0.1, 0.15) is 32.5 Å². The number of nitrogens with zero attached hydrogens (tertiary/aromatic N) is 4. The van der Waals surface area contributed by atoms with Gasteiger partial charge in [0.15, 0.2) is 0 Å². The lowest BCUT2D eigenvalue weighted by Crippen LogP contribution is -2.29. The van der Waals surface area contributed by atoms with Crippen molar-refractivity contribution in [1.82, 2.24) is 19.7 Å². The van der Waals surface area contributed by atoms with Crippen LogP contribution in [0.4, 0.5) is 0 Å². The quantitative estimate of drug-likeness (QED) is 0.715. The van der Waals surface area contributed by atoms with E-state index in [2.05, 4.69) is 28.8 Å². The maximum Gasteiger partial charge on any atom is 0.141 e. The first-order valence-electron chi connectivity index (χ1n) is 6.01. The van der Waals surface area contributed by atoms with Crippen LogP contribution in [0.15, 0.2) is 6.33 Å². The fourth-order valence-corrected chi connectivity index (χ4v) is 1.74. The van der Waals surface area contributed by atoms with Gasteiger partial charge in [-0.1, -0.05) is 13.8 Å². The van der Waals surface area contributed by atoms with Crippen LogP contribution in [0.25, 0.3) is 0 Å². The van der Waals surface area contributed by atoms with Crippen LogP contribution in [-0.2, 0) is 13.1 Å². The van der Waals surface area contributed by atoms with Gasteiger partial charge in [-0.15, -0.1) is 0 Å². The molecule has 5 heteroatoms. The summed E-state index contributed by atoms with van der Waals surface area (Å²) in [5.74, 6) is 0.990. The van der Waals surface area contributed by atoms with Crippen molar-refractivity contribution in [2.24, 2.45) is 0 Å². The fourth-order valence-electron chi connectivity index (χ4n) is 1.74. The van der Waals surface area contributed by atoms with Crippen LogP contribution < -0.4 is 0 Å². The molecule has 0 fully saturated rings. The second-order valence-corrected chi connectivity index (χ2v) is 3.90. The lowest BCUT2D eigenvalue weighted by molar-refractivity contribution is 0.185. The van der Waals surface area contributed by atoms with E-state index < -0.39 is 0 Å². The molecule has 1 aromatic heterocycles. The average molecular weight is 226 g/mol. The van der Waals surface area contributed by atoms with Crippen LogP contribution in [0, 0.1) is 0 Å². The lowest BCUT2D eigenvalue weighted by Gasteiger charge is -2.19. The summed E-state index contributed by atoms with van der Waals surface area (Å²) in [6, 6.07) is 0. The smallest absolute Gasteiger partial charge is 0.141 e. The van der Waals surface area contributed by atoms with E-state index in [1.54, 1.807) is 6.33 Å². The summed E-state index contributed by atoms with van der Waals surface area (Å²) in [4.78, 5) is 6.47. The van der Waals surface area contributed by atoms with Crippen molar-refractivity contribution in [3.63, 3.8) is 0 Å². The van der Waals surface area contributed by atoms with Gasteiger partial charge in [0.2, 0.25) is 0 Å². The molecule has 0 radical (unpaired) electrons. The Morgan fingerprint density at radius 2 is 2.12 bits per heavy atom. The summed E-state index contributed by atoms with van der Waals surface area (Å²) >= 11 is 0. The molecule has 0 unspecified atom stereocenters. The highest BCUT2D eigenvalue weighted by Crippen LogP contribution is 2.02. The molecule has 5 nitrogen and oxygen atoms in total. The summed E-state index contributed by atoms with van der Waals surface area (Å²) in [6.45, 7) is 7.83. The Balaban J connectivity index is 2.57. The highest BCUT2D eigenvalue weighted by molar-refractivity contribution is 4.84. The average Bonchev–Trinajstić information content (AvgIpc) is 2.67. The van der Waals surface area contributed by atoms with Crippen molar-refractivity contribution < 1.29 is 5.11 Å². The van der Waals surface area contributed by atoms with Crippen molar-refractivity contribution in [2.45, 2.75) is 39.8 Å². The molecule has 1 aromatic rings. The Kier molecular flexibility index (Phi) is 6.03. The molecule has 0 aliphatic rings. The molecule has 16 heavy (non-hydrogen) atoms. The Labute approximate surface area is 97.1 Å². The standard InChI is InChI=1S/C11H22N4O/c1-3-5-14(7-8-16)9-11-12-10-13-15(11)6-4-2/h10,16H,3-9H2,1-2H3. The predicted molar refractivity (Wildman–Crippen MR) is 63.0 cm³/mol. The molecule has 0 aliphatic heterocycles. The first-order chi connectivity index (χ1) is 7.81. The maximum absolute atomic E-state index is 8.98. The molecule has 0 amide bonds. The van der Waals surface area contributed by atoms with Crippen LogP contribution in [0.3, 0.4) is 0 Å². The molecule has 0 bridgehead atoms. The minimum atomic E-state index is 0.196. The van der Waals surface area contributed by atoms with Gasteiger partial charge in [-0.25, -0.2) is 9.67 Å². The molecule has 0 aliphatic carbocycles. The van der Waals surface area contributed by atoms with Crippen molar-refractivity contribution in [3.8, 4) is 0 Å². The zero-order chi connectivity index (χ0) is 11.8. The molecule has 1 rings (SSSR count). The predicted octanol–water partition coefficient (Wildman–Crippen LogP) is 0.892. The Hall–Kier alpha value is -0.940. The zero-order valence-electron chi connectivity index (χ0n) is 10.3. The van der Waals surface area contributed by atoms with E-state index in [1.165, 1.54) is 0 Å². The van der Waals surface area contributed by atoms with E-state index >= 15 is 0 Å². The molecule has 0 saturated heterocycles. The van der Waals surface area contributed by atoms with Crippen LogP contribution in [0.5, 0.6) is 0 Å². The number of aryl methyl sites for hydroxylation is 1. The third kappa shape index (κ3) is 3.90. The molecular weight excluding hydrogens is 204 g/mol. The summed E-state index contributed by atoms with van der Waals surface area (Å²) in [7, 11) is 0. The largest absolute Gasteiger partial charge is 0.395 e. The SMILES string of the molecule is CCCN(CCO)Cc1ncnn1CCC. The van der Waals surface area contributed by atoms with Crippen molar-refractivity contribution >= 4 is 0 Å². The summed E-state index contributed by atoms with van der Waals surface area (Å²) < 4.78 is 1.94. The fraction of sp³-hybridized carbons (Fsp3) is 0.818. The Morgan fingerprint density at radius 3 is 2.75 bits per heavy atom. The van der Waals surface area contributed by atoms with Gasteiger partial charge in [0.25, 0.3) is 0 Å². The van der Waals surface area contributed by atoms with Gasteiger partial charge in [0.05, 0.1) is 13.2 Å². The van der Waals surface area contributed by atoms with Gasteiger partial charge in [-0.05, 0) is 19.4 Å². The number of rotatable bonds is 8. The molecule has 92 valence electrons. The normalized spacial score (nSPS) is 11.2. The minimum absolute atomic E-state index is 0.196. The molecule has 1 N–H and O–H groups in total. The van der Waals surface area contributed by atoms with Gasteiger partial charge in [0.1, 0.15) is 12.2 Å². The number of aliphatic hydroxyl groups is 1. The maximum atomic E-state index is 8.98. The van der Waals surface area contributed by atoms with Crippen molar-refractivity contribution in [2.75, 3.05) is 19.7 Å². The molecule has 0 saturated carbocycles. The second kappa shape index (κ2) is 7.35. The highest BCUT2D eigenvalue weighted by atomic mass is 16.3. The van der Waals surface area contributed by atoms with Gasteiger partial charge >= 0.3 is 0 Å². The van der Waals surface area contributed by atoms with Crippen molar-refractivity contribution in [1.29, 1.82) is 0 Å².